The number of nitrogens with zero attached hydrogens (tertiary/aromatic N) is 2. The second-order valence-electron chi connectivity index (χ2n) is 7.69. The zero-order valence-electron chi connectivity index (χ0n) is 18.0. The van der Waals surface area contributed by atoms with Crippen LogP contribution in [0.25, 0.3) is 0 Å². The van der Waals surface area contributed by atoms with Gasteiger partial charge in [0.2, 0.25) is 5.91 Å². The van der Waals surface area contributed by atoms with Crippen molar-refractivity contribution in [1.82, 2.24) is 20.6 Å². The van der Waals surface area contributed by atoms with Crippen LogP contribution < -0.4 is 10.6 Å². The largest absolute Gasteiger partial charge is 0.354 e. The van der Waals surface area contributed by atoms with Crippen LogP contribution in [0.4, 0.5) is 0 Å². The number of hydrogen-bond donors (Lipinski definition) is 2. The second kappa shape index (κ2) is 10.6. The summed E-state index contributed by atoms with van der Waals surface area (Å²) in [5, 5.41) is 6.58. The number of benzene rings is 1. The maximum Gasteiger partial charge on any atom is 0.241 e. The van der Waals surface area contributed by atoms with Crippen LogP contribution in [0, 0.1) is 20.8 Å². The molecule has 30 heavy (non-hydrogen) atoms. The molecule has 156 valence electrons. The van der Waals surface area contributed by atoms with Gasteiger partial charge in [-0.05, 0) is 85.2 Å². The molecule has 0 aliphatic rings. The smallest absolute Gasteiger partial charge is 0.241 e. The third-order valence-corrected chi connectivity index (χ3v) is 5.40. The van der Waals surface area contributed by atoms with Gasteiger partial charge in [0, 0.05) is 37.9 Å². The van der Waals surface area contributed by atoms with Crippen molar-refractivity contribution < 1.29 is 4.79 Å². The molecule has 0 aliphatic heterocycles. The van der Waals surface area contributed by atoms with E-state index in [-0.39, 0.29) is 5.91 Å². The first-order valence-corrected chi connectivity index (χ1v) is 10.4. The van der Waals surface area contributed by atoms with E-state index in [0.717, 1.165) is 35.1 Å². The predicted molar refractivity (Wildman–Crippen MR) is 120 cm³/mol. The SMILES string of the molecule is Cc1cc(C)c(C(NCCc2cccnc2)C(=O)NCCc2ccncc2)cc1C. The number of carbonyl (C=O) groups excluding carboxylic acids is 1. The van der Waals surface area contributed by atoms with Gasteiger partial charge in [0.25, 0.3) is 0 Å². The minimum Gasteiger partial charge on any atom is -0.354 e. The molecule has 2 aromatic heterocycles. The molecule has 0 saturated heterocycles. The Morgan fingerprint density at radius 2 is 1.60 bits per heavy atom. The van der Waals surface area contributed by atoms with Gasteiger partial charge in [-0.15, -0.1) is 0 Å². The summed E-state index contributed by atoms with van der Waals surface area (Å²) < 4.78 is 0. The predicted octanol–water partition coefficient (Wildman–Crippen LogP) is 3.63. The molecular formula is C25H30N4O. The van der Waals surface area contributed by atoms with Crippen molar-refractivity contribution >= 4 is 5.91 Å². The molecule has 0 spiro atoms. The average Bonchev–Trinajstić information content (AvgIpc) is 2.75. The first-order valence-electron chi connectivity index (χ1n) is 10.4. The Labute approximate surface area is 179 Å². The lowest BCUT2D eigenvalue weighted by molar-refractivity contribution is -0.123. The van der Waals surface area contributed by atoms with Crippen molar-refractivity contribution in [1.29, 1.82) is 0 Å². The van der Waals surface area contributed by atoms with Crippen molar-refractivity contribution in [2.75, 3.05) is 13.1 Å². The van der Waals surface area contributed by atoms with E-state index in [1.54, 1.807) is 18.6 Å². The molecule has 0 fully saturated rings. The van der Waals surface area contributed by atoms with Crippen molar-refractivity contribution in [2.45, 2.75) is 39.7 Å². The standard InChI is InChI=1S/C25H30N4O/c1-18-15-20(3)23(16-19(18)2)24(28-13-9-22-5-4-10-27-17-22)25(30)29-14-8-21-6-11-26-12-7-21/h4-7,10-12,15-17,24,28H,8-9,13-14H2,1-3H3,(H,29,30). The molecule has 0 aliphatic carbocycles. The summed E-state index contributed by atoms with van der Waals surface area (Å²) in [6.45, 7) is 7.55. The van der Waals surface area contributed by atoms with Gasteiger partial charge in [-0.1, -0.05) is 18.2 Å². The molecule has 3 aromatic rings. The van der Waals surface area contributed by atoms with Crippen molar-refractivity contribution in [2.24, 2.45) is 0 Å². The quantitative estimate of drug-likeness (QED) is 0.574. The van der Waals surface area contributed by atoms with Gasteiger partial charge < -0.3 is 10.6 Å². The molecule has 2 N–H and O–H groups in total. The van der Waals surface area contributed by atoms with Gasteiger partial charge in [0.15, 0.2) is 0 Å². The molecule has 5 nitrogen and oxygen atoms in total. The van der Waals surface area contributed by atoms with Crippen LogP contribution in [0.3, 0.4) is 0 Å². The Kier molecular flexibility index (Phi) is 7.69. The number of nitrogens with one attached hydrogen (secondary N) is 2. The van der Waals surface area contributed by atoms with E-state index in [1.165, 1.54) is 11.1 Å². The highest BCUT2D eigenvalue weighted by molar-refractivity contribution is 5.83. The number of aryl methyl sites for hydroxylation is 3. The molecule has 0 radical (unpaired) electrons. The zero-order chi connectivity index (χ0) is 21.3. The van der Waals surface area contributed by atoms with Gasteiger partial charge in [0.1, 0.15) is 6.04 Å². The normalized spacial score (nSPS) is 11.8. The Balaban J connectivity index is 1.69. The second-order valence-corrected chi connectivity index (χ2v) is 7.69. The van der Waals surface area contributed by atoms with Gasteiger partial charge in [-0.2, -0.15) is 0 Å². The average molecular weight is 403 g/mol. The zero-order valence-corrected chi connectivity index (χ0v) is 18.0. The Morgan fingerprint density at radius 1 is 0.867 bits per heavy atom. The Bertz CT molecular complexity index is 958. The summed E-state index contributed by atoms with van der Waals surface area (Å²) in [7, 11) is 0. The molecule has 1 unspecified atom stereocenters. The van der Waals surface area contributed by atoms with Crippen molar-refractivity contribution in [3.05, 3.63) is 94.6 Å². The highest BCUT2D eigenvalue weighted by Crippen LogP contribution is 2.22. The molecule has 3 rings (SSSR count). The summed E-state index contributed by atoms with van der Waals surface area (Å²) in [6.07, 6.45) is 8.79. The lowest BCUT2D eigenvalue weighted by Crippen LogP contribution is -2.39. The third kappa shape index (κ3) is 5.97. The number of hydrogen-bond acceptors (Lipinski definition) is 4. The van der Waals surface area contributed by atoms with Gasteiger partial charge in [0.05, 0.1) is 0 Å². The summed E-state index contributed by atoms with van der Waals surface area (Å²) >= 11 is 0. The lowest BCUT2D eigenvalue weighted by atomic mass is 9.95. The summed E-state index contributed by atoms with van der Waals surface area (Å²) in [4.78, 5) is 21.3. The topological polar surface area (TPSA) is 66.9 Å². The monoisotopic (exact) mass is 402 g/mol. The van der Waals surface area contributed by atoms with E-state index in [9.17, 15) is 4.79 Å². The Hall–Kier alpha value is -3.05. The van der Waals surface area contributed by atoms with E-state index in [1.807, 2.05) is 24.4 Å². The molecule has 0 saturated carbocycles. The van der Waals surface area contributed by atoms with Crippen LogP contribution in [0.1, 0.15) is 39.4 Å². The molecule has 1 aromatic carbocycles. The third-order valence-electron chi connectivity index (χ3n) is 5.40. The van der Waals surface area contributed by atoms with E-state index in [2.05, 4.69) is 59.6 Å². The van der Waals surface area contributed by atoms with Gasteiger partial charge in [-0.25, -0.2) is 0 Å². The van der Waals surface area contributed by atoms with E-state index in [0.29, 0.717) is 13.1 Å². The number of aromatic nitrogens is 2. The molecule has 0 bridgehead atoms. The Morgan fingerprint density at radius 3 is 2.33 bits per heavy atom. The first-order chi connectivity index (χ1) is 14.5. The molecule has 5 heteroatoms. The van der Waals surface area contributed by atoms with Crippen molar-refractivity contribution in [3.8, 4) is 0 Å². The minimum absolute atomic E-state index is 0.00148. The number of pyridine rings is 2. The number of rotatable bonds is 9. The highest BCUT2D eigenvalue weighted by atomic mass is 16.2. The van der Waals surface area contributed by atoms with E-state index < -0.39 is 6.04 Å². The highest BCUT2D eigenvalue weighted by Gasteiger charge is 2.22. The van der Waals surface area contributed by atoms with Crippen LogP contribution in [-0.2, 0) is 17.6 Å². The number of carbonyl (C=O) groups is 1. The molecule has 1 amide bonds. The maximum atomic E-state index is 13.1. The van der Waals surface area contributed by atoms with Crippen LogP contribution >= 0.6 is 0 Å². The van der Waals surface area contributed by atoms with Gasteiger partial charge in [-0.3, -0.25) is 14.8 Å². The molecular weight excluding hydrogens is 372 g/mol. The molecule has 1 atom stereocenters. The summed E-state index contributed by atoms with van der Waals surface area (Å²) in [5.41, 5.74) is 6.90. The first kappa shape index (κ1) is 21.7. The van der Waals surface area contributed by atoms with Crippen LogP contribution in [0.15, 0.2) is 61.2 Å². The fourth-order valence-corrected chi connectivity index (χ4v) is 3.53. The molecule has 2 heterocycles. The maximum absolute atomic E-state index is 13.1. The fraction of sp³-hybridized carbons (Fsp3) is 0.320. The van der Waals surface area contributed by atoms with Crippen LogP contribution in [0.5, 0.6) is 0 Å². The van der Waals surface area contributed by atoms with E-state index in [4.69, 9.17) is 0 Å². The summed E-state index contributed by atoms with van der Waals surface area (Å²) in [6, 6.07) is 11.8. The lowest BCUT2D eigenvalue weighted by Gasteiger charge is -2.22. The number of amides is 1. The van der Waals surface area contributed by atoms with E-state index >= 15 is 0 Å². The van der Waals surface area contributed by atoms with Crippen LogP contribution in [0.2, 0.25) is 0 Å². The summed E-state index contributed by atoms with van der Waals surface area (Å²) in [5.74, 6) is 0.00148. The minimum atomic E-state index is -0.390. The van der Waals surface area contributed by atoms with Gasteiger partial charge >= 0.3 is 0 Å². The fourth-order valence-electron chi connectivity index (χ4n) is 3.53. The van der Waals surface area contributed by atoms with Crippen LogP contribution in [-0.4, -0.2) is 29.0 Å². The van der Waals surface area contributed by atoms with Crippen molar-refractivity contribution in [3.63, 3.8) is 0 Å².